The molecule has 0 N–H and O–H groups in total. The average molecular weight is 468 g/mol. The van der Waals surface area contributed by atoms with Crippen molar-refractivity contribution in [3.05, 3.63) is 77.9 Å². The Balaban J connectivity index is 1.30. The standard InChI is InChI=1S/C29H33N5O/c1-35-29-8-6-7-28(30-29)34-27(23-11-15-25(16-12-23)33-19-4-5-20-33)21-26(31-34)22-9-13-24(14-10-22)32-17-2-3-18-32/h6-16,27H,2-5,17-21H2,1H3. The zero-order valence-corrected chi connectivity index (χ0v) is 20.4. The molecule has 2 saturated heterocycles. The summed E-state index contributed by atoms with van der Waals surface area (Å²) in [6, 6.07) is 24.0. The van der Waals surface area contributed by atoms with Gasteiger partial charge in [0.15, 0.2) is 5.82 Å². The maximum absolute atomic E-state index is 5.41. The first kappa shape index (κ1) is 22.0. The van der Waals surface area contributed by atoms with E-state index < -0.39 is 0 Å². The normalized spacial score (nSPS) is 20.0. The molecule has 0 saturated carbocycles. The summed E-state index contributed by atoms with van der Waals surface area (Å²) in [4.78, 5) is 9.65. The minimum Gasteiger partial charge on any atom is -0.481 e. The van der Waals surface area contributed by atoms with Crippen molar-refractivity contribution in [3.8, 4) is 5.88 Å². The van der Waals surface area contributed by atoms with Crippen molar-refractivity contribution in [3.63, 3.8) is 0 Å². The van der Waals surface area contributed by atoms with E-state index in [1.165, 1.54) is 48.2 Å². The molecule has 6 nitrogen and oxygen atoms in total. The second kappa shape index (κ2) is 9.61. The van der Waals surface area contributed by atoms with Crippen molar-refractivity contribution >= 4 is 22.9 Å². The van der Waals surface area contributed by atoms with E-state index in [2.05, 4.69) is 63.3 Å². The van der Waals surface area contributed by atoms with Crippen LogP contribution in [-0.4, -0.2) is 44.0 Å². The minimum atomic E-state index is 0.0930. The summed E-state index contributed by atoms with van der Waals surface area (Å²) in [5.74, 6) is 1.41. The molecule has 1 aromatic heterocycles. The fourth-order valence-corrected chi connectivity index (χ4v) is 5.52. The van der Waals surface area contributed by atoms with Crippen LogP contribution in [0.4, 0.5) is 17.2 Å². The van der Waals surface area contributed by atoms with Crippen LogP contribution in [-0.2, 0) is 0 Å². The maximum atomic E-state index is 5.41. The molecule has 0 spiro atoms. The number of hydrazone groups is 1. The molecule has 2 aromatic carbocycles. The summed E-state index contributed by atoms with van der Waals surface area (Å²) in [5.41, 5.74) is 6.15. The highest BCUT2D eigenvalue weighted by atomic mass is 16.5. The van der Waals surface area contributed by atoms with E-state index in [-0.39, 0.29) is 6.04 Å². The third-order valence-electron chi connectivity index (χ3n) is 7.48. The van der Waals surface area contributed by atoms with Crippen molar-refractivity contribution in [1.82, 2.24) is 4.98 Å². The van der Waals surface area contributed by atoms with Gasteiger partial charge < -0.3 is 14.5 Å². The van der Waals surface area contributed by atoms with Gasteiger partial charge in [-0.05, 0) is 67.1 Å². The first-order valence-electron chi connectivity index (χ1n) is 12.9. The van der Waals surface area contributed by atoms with E-state index >= 15 is 0 Å². The highest BCUT2D eigenvalue weighted by molar-refractivity contribution is 6.03. The summed E-state index contributed by atoms with van der Waals surface area (Å²) >= 11 is 0. The van der Waals surface area contributed by atoms with Crippen LogP contribution in [0.15, 0.2) is 71.8 Å². The Morgan fingerprint density at radius 2 is 1.34 bits per heavy atom. The first-order chi connectivity index (χ1) is 17.3. The summed E-state index contributed by atoms with van der Waals surface area (Å²) in [7, 11) is 1.65. The van der Waals surface area contributed by atoms with Gasteiger partial charge in [-0.1, -0.05) is 30.3 Å². The molecule has 0 aliphatic carbocycles. The molecule has 6 rings (SSSR count). The molecule has 6 heteroatoms. The van der Waals surface area contributed by atoms with Crippen LogP contribution in [0.25, 0.3) is 0 Å². The number of hydrogen-bond acceptors (Lipinski definition) is 6. The lowest BCUT2D eigenvalue weighted by Crippen LogP contribution is -2.20. The van der Waals surface area contributed by atoms with Crippen LogP contribution in [0.1, 0.15) is 49.3 Å². The molecule has 1 atom stereocenters. The molecule has 2 fully saturated rings. The van der Waals surface area contributed by atoms with Crippen LogP contribution < -0.4 is 19.5 Å². The van der Waals surface area contributed by atoms with Crippen LogP contribution in [0.2, 0.25) is 0 Å². The minimum absolute atomic E-state index is 0.0930. The monoisotopic (exact) mass is 467 g/mol. The molecule has 35 heavy (non-hydrogen) atoms. The Bertz CT molecular complexity index is 1180. The predicted molar refractivity (Wildman–Crippen MR) is 143 cm³/mol. The lowest BCUT2D eigenvalue weighted by atomic mass is 9.98. The topological polar surface area (TPSA) is 44.2 Å². The Morgan fingerprint density at radius 1 is 0.743 bits per heavy atom. The second-order valence-corrected chi connectivity index (χ2v) is 9.68. The van der Waals surface area contributed by atoms with E-state index in [9.17, 15) is 0 Å². The average Bonchev–Trinajstić information content (AvgIpc) is 3.71. The molecule has 0 bridgehead atoms. The lowest BCUT2D eigenvalue weighted by molar-refractivity contribution is 0.397. The number of pyridine rings is 1. The van der Waals surface area contributed by atoms with E-state index in [1.807, 2.05) is 18.2 Å². The van der Waals surface area contributed by atoms with E-state index in [4.69, 9.17) is 14.8 Å². The third kappa shape index (κ3) is 4.45. The van der Waals surface area contributed by atoms with Gasteiger partial charge in [-0.25, -0.2) is 5.01 Å². The van der Waals surface area contributed by atoms with Crippen molar-refractivity contribution in [2.24, 2.45) is 5.10 Å². The molecular weight excluding hydrogens is 434 g/mol. The summed E-state index contributed by atoms with van der Waals surface area (Å²) in [6.45, 7) is 4.63. The first-order valence-corrected chi connectivity index (χ1v) is 12.9. The van der Waals surface area contributed by atoms with Gasteiger partial charge in [0, 0.05) is 50.0 Å². The fraction of sp³-hybridized carbons (Fsp3) is 0.379. The Labute approximate surface area is 207 Å². The third-order valence-corrected chi connectivity index (χ3v) is 7.48. The summed E-state index contributed by atoms with van der Waals surface area (Å²) in [5, 5.41) is 7.16. The molecule has 0 radical (unpaired) electrons. The van der Waals surface area contributed by atoms with Gasteiger partial charge in [0.05, 0.1) is 18.9 Å². The molecule has 1 unspecified atom stereocenters. The molecular formula is C29H33N5O. The zero-order valence-electron chi connectivity index (χ0n) is 20.4. The van der Waals surface area contributed by atoms with Crippen LogP contribution >= 0.6 is 0 Å². The summed E-state index contributed by atoms with van der Waals surface area (Å²) in [6.07, 6.45) is 5.98. The zero-order chi connectivity index (χ0) is 23.6. The van der Waals surface area contributed by atoms with Gasteiger partial charge in [0.25, 0.3) is 0 Å². The van der Waals surface area contributed by atoms with Crippen molar-refractivity contribution < 1.29 is 4.74 Å². The molecule has 180 valence electrons. The number of nitrogens with zero attached hydrogens (tertiary/aromatic N) is 5. The van der Waals surface area contributed by atoms with Gasteiger partial charge >= 0.3 is 0 Å². The molecule has 3 aliphatic heterocycles. The molecule has 4 heterocycles. The Hall–Kier alpha value is -3.54. The lowest BCUT2D eigenvalue weighted by Gasteiger charge is -2.24. The molecule has 3 aliphatic rings. The van der Waals surface area contributed by atoms with E-state index in [1.54, 1.807) is 7.11 Å². The van der Waals surface area contributed by atoms with Gasteiger partial charge in [0.1, 0.15) is 0 Å². The van der Waals surface area contributed by atoms with Crippen LogP contribution in [0.5, 0.6) is 5.88 Å². The van der Waals surface area contributed by atoms with Gasteiger partial charge in [-0.3, -0.25) is 0 Å². The Morgan fingerprint density at radius 3 is 1.94 bits per heavy atom. The van der Waals surface area contributed by atoms with Crippen molar-refractivity contribution in [1.29, 1.82) is 0 Å². The maximum Gasteiger partial charge on any atom is 0.214 e. The second-order valence-electron chi connectivity index (χ2n) is 9.68. The highest BCUT2D eigenvalue weighted by Crippen LogP contribution is 2.37. The van der Waals surface area contributed by atoms with Gasteiger partial charge in [-0.2, -0.15) is 10.1 Å². The number of anilines is 3. The van der Waals surface area contributed by atoms with E-state index in [0.29, 0.717) is 5.88 Å². The number of methoxy groups -OCH3 is 1. The number of benzene rings is 2. The number of hydrogen-bond donors (Lipinski definition) is 0. The smallest absolute Gasteiger partial charge is 0.214 e. The SMILES string of the molecule is COc1cccc(N2N=C(c3ccc(N4CCCC4)cc3)CC2c2ccc(N3CCCC3)cc2)n1. The predicted octanol–water partition coefficient (Wildman–Crippen LogP) is 5.65. The Kier molecular flexibility index (Phi) is 6.03. The number of ether oxygens (including phenoxy) is 1. The highest BCUT2D eigenvalue weighted by Gasteiger charge is 2.31. The molecule has 0 amide bonds. The van der Waals surface area contributed by atoms with Crippen LogP contribution in [0.3, 0.4) is 0 Å². The summed E-state index contributed by atoms with van der Waals surface area (Å²) < 4.78 is 5.41. The van der Waals surface area contributed by atoms with Crippen LogP contribution in [0, 0.1) is 0 Å². The van der Waals surface area contributed by atoms with E-state index in [0.717, 1.165) is 44.1 Å². The fourth-order valence-electron chi connectivity index (χ4n) is 5.52. The quantitative estimate of drug-likeness (QED) is 0.469. The van der Waals surface area contributed by atoms with Gasteiger partial charge in [-0.15, -0.1) is 0 Å². The van der Waals surface area contributed by atoms with Crippen molar-refractivity contribution in [2.75, 3.05) is 48.1 Å². The van der Waals surface area contributed by atoms with Crippen molar-refractivity contribution in [2.45, 2.75) is 38.1 Å². The largest absolute Gasteiger partial charge is 0.481 e. The van der Waals surface area contributed by atoms with Gasteiger partial charge in [0.2, 0.25) is 5.88 Å². The number of aromatic nitrogens is 1. The molecule has 3 aromatic rings. The number of rotatable bonds is 6.